The highest BCUT2D eigenvalue weighted by Gasteiger charge is 2.25. The summed E-state index contributed by atoms with van der Waals surface area (Å²) in [5, 5.41) is 3.45. The van der Waals surface area contributed by atoms with E-state index in [0.29, 0.717) is 32.3 Å². The fourth-order valence-corrected chi connectivity index (χ4v) is 3.32. The molecule has 0 aliphatic carbocycles. The van der Waals surface area contributed by atoms with Crippen molar-refractivity contribution in [3.63, 3.8) is 0 Å². The summed E-state index contributed by atoms with van der Waals surface area (Å²) in [6, 6.07) is 8.42. The molecule has 1 unspecified atom stereocenters. The molecule has 1 aliphatic heterocycles. The molecule has 1 atom stereocenters. The first kappa shape index (κ1) is 26.1. The van der Waals surface area contributed by atoms with Crippen molar-refractivity contribution in [1.29, 1.82) is 0 Å². The molecule has 0 saturated carbocycles. The monoisotopic (exact) mass is 519 g/mol. The van der Waals surface area contributed by atoms with Gasteiger partial charge in [0.25, 0.3) is 0 Å². The third-order valence-electron chi connectivity index (χ3n) is 4.83. The third-order valence-corrected chi connectivity index (χ3v) is 4.83. The third kappa shape index (κ3) is 9.63. The molecular weight excluding hydrogens is 481 g/mol. The molecule has 1 heterocycles. The van der Waals surface area contributed by atoms with E-state index in [0.717, 1.165) is 51.6 Å². The Morgan fingerprint density at radius 1 is 1.14 bits per heavy atom. The van der Waals surface area contributed by atoms with Gasteiger partial charge >= 0.3 is 0 Å². The number of hydrogen-bond acceptors (Lipinski definition) is 4. The van der Waals surface area contributed by atoms with Gasteiger partial charge in [-0.2, -0.15) is 0 Å². The predicted octanol–water partition coefficient (Wildman–Crippen LogP) is 3.68. The smallest absolute Gasteiger partial charge is 0.194 e. The number of halogens is 1. The van der Waals surface area contributed by atoms with Gasteiger partial charge in [-0.3, -0.25) is 0 Å². The number of likely N-dealkylation sites (tertiary alicyclic amines) is 1. The van der Waals surface area contributed by atoms with E-state index in [9.17, 15) is 0 Å². The minimum atomic E-state index is 0. The highest BCUT2D eigenvalue weighted by atomic mass is 127. The summed E-state index contributed by atoms with van der Waals surface area (Å²) >= 11 is 0. The van der Waals surface area contributed by atoms with Gasteiger partial charge in [-0.05, 0) is 30.9 Å². The maximum atomic E-state index is 5.74. The summed E-state index contributed by atoms with van der Waals surface area (Å²) in [7, 11) is 1.70. The molecule has 0 spiro atoms. The normalized spacial score (nSPS) is 16.7. The molecule has 1 saturated heterocycles. The Morgan fingerprint density at radius 3 is 2.66 bits per heavy atom. The van der Waals surface area contributed by atoms with E-state index in [4.69, 9.17) is 19.2 Å². The minimum Gasteiger partial charge on any atom is -0.382 e. The summed E-state index contributed by atoms with van der Waals surface area (Å²) < 4.78 is 16.5. The Labute approximate surface area is 193 Å². The van der Waals surface area contributed by atoms with Crippen molar-refractivity contribution in [2.24, 2.45) is 10.9 Å². The van der Waals surface area contributed by atoms with Gasteiger partial charge in [0.1, 0.15) is 0 Å². The molecule has 6 nitrogen and oxygen atoms in total. The van der Waals surface area contributed by atoms with Crippen LogP contribution in [0.15, 0.2) is 29.3 Å². The molecule has 0 radical (unpaired) electrons. The molecular formula is C22H38IN3O3. The lowest BCUT2D eigenvalue weighted by Gasteiger charge is -2.22. The zero-order valence-electron chi connectivity index (χ0n) is 18.2. The van der Waals surface area contributed by atoms with Crippen LogP contribution in [0.4, 0.5) is 0 Å². The molecule has 1 fully saturated rings. The second-order valence-corrected chi connectivity index (χ2v) is 7.16. The Kier molecular flexibility index (Phi) is 14.3. The van der Waals surface area contributed by atoms with Crippen LogP contribution in [0.25, 0.3) is 0 Å². The second-order valence-electron chi connectivity index (χ2n) is 7.16. The number of aliphatic imine (C=N–C) groups is 1. The SMILES string of the molecule is CCCOCc1ccccc1CN=C(NCC)N1CCC(COCCOC)C1.I. The molecule has 2 rings (SSSR count). The van der Waals surface area contributed by atoms with Crippen LogP contribution in [-0.4, -0.2) is 64.0 Å². The molecule has 7 heteroatoms. The molecule has 1 N–H and O–H groups in total. The van der Waals surface area contributed by atoms with Crippen LogP contribution in [-0.2, 0) is 27.4 Å². The van der Waals surface area contributed by atoms with Crippen molar-refractivity contribution in [2.45, 2.75) is 39.8 Å². The van der Waals surface area contributed by atoms with Crippen LogP contribution in [0.2, 0.25) is 0 Å². The van der Waals surface area contributed by atoms with Crippen LogP contribution in [0.1, 0.15) is 37.8 Å². The van der Waals surface area contributed by atoms with Gasteiger partial charge in [0.2, 0.25) is 0 Å². The number of benzene rings is 1. The lowest BCUT2D eigenvalue weighted by molar-refractivity contribution is 0.0536. The van der Waals surface area contributed by atoms with Crippen molar-refractivity contribution < 1.29 is 14.2 Å². The molecule has 166 valence electrons. The van der Waals surface area contributed by atoms with Gasteiger partial charge in [-0.15, -0.1) is 24.0 Å². The molecule has 1 aromatic carbocycles. The maximum absolute atomic E-state index is 5.74. The zero-order valence-corrected chi connectivity index (χ0v) is 20.5. The standard InChI is InChI=1S/C22H37N3O3.HI/c1-4-12-27-18-21-9-7-6-8-20(21)15-24-22(23-5-2)25-11-10-19(16-25)17-28-14-13-26-3;/h6-9,19H,4-5,10-18H2,1-3H3,(H,23,24);1H. The number of ether oxygens (including phenoxy) is 3. The van der Waals surface area contributed by atoms with Crippen molar-refractivity contribution in [3.8, 4) is 0 Å². The molecule has 1 aromatic rings. The van der Waals surface area contributed by atoms with Crippen molar-refractivity contribution in [1.82, 2.24) is 10.2 Å². The topological polar surface area (TPSA) is 55.3 Å². The van der Waals surface area contributed by atoms with E-state index in [1.807, 2.05) is 0 Å². The van der Waals surface area contributed by atoms with Crippen LogP contribution >= 0.6 is 24.0 Å². The van der Waals surface area contributed by atoms with Crippen molar-refractivity contribution in [3.05, 3.63) is 35.4 Å². The van der Waals surface area contributed by atoms with Crippen LogP contribution < -0.4 is 5.32 Å². The average Bonchev–Trinajstić information content (AvgIpc) is 3.18. The van der Waals surface area contributed by atoms with Crippen molar-refractivity contribution >= 4 is 29.9 Å². The Bertz CT molecular complexity index is 586. The molecule has 0 amide bonds. The van der Waals surface area contributed by atoms with E-state index in [1.54, 1.807) is 7.11 Å². The molecule has 29 heavy (non-hydrogen) atoms. The minimum absolute atomic E-state index is 0. The summed E-state index contributed by atoms with van der Waals surface area (Å²) in [5.74, 6) is 1.54. The van der Waals surface area contributed by atoms with E-state index in [-0.39, 0.29) is 24.0 Å². The van der Waals surface area contributed by atoms with Gasteiger partial charge in [0.05, 0.1) is 33.0 Å². The number of rotatable bonds is 12. The van der Waals surface area contributed by atoms with E-state index in [1.165, 1.54) is 11.1 Å². The Hall–Kier alpha value is -0.900. The number of nitrogens with one attached hydrogen (secondary N) is 1. The lowest BCUT2D eigenvalue weighted by Crippen LogP contribution is -2.40. The summed E-state index contributed by atoms with van der Waals surface area (Å²) in [6.45, 7) is 11.3. The number of guanidine groups is 1. The van der Waals surface area contributed by atoms with E-state index >= 15 is 0 Å². The fraction of sp³-hybridized carbons (Fsp3) is 0.682. The number of methoxy groups -OCH3 is 1. The van der Waals surface area contributed by atoms with Crippen LogP contribution in [0, 0.1) is 5.92 Å². The first-order valence-electron chi connectivity index (χ1n) is 10.5. The second kappa shape index (κ2) is 15.9. The van der Waals surface area contributed by atoms with E-state index in [2.05, 4.69) is 48.3 Å². The largest absolute Gasteiger partial charge is 0.382 e. The first-order valence-corrected chi connectivity index (χ1v) is 10.5. The zero-order chi connectivity index (χ0) is 20.0. The highest BCUT2D eigenvalue weighted by molar-refractivity contribution is 14.0. The highest BCUT2D eigenvalue weighted by Crippen LogP contribution is 2.18. The van der Waals surface area contributed by atoms with Crippen LogP contribution in [0.5, 0.6) is 0 Å². The number of hydrogen-bond donors (Lipinski definition) is 1. The quantitative estimate of drug-likeness (QED) is 0.198. The van der Waals surface area contributed by atoms with Crippen LogP contribution in [0.3, 0.4) is 0 Å². The van der Waals surface area contributed by atoms with Gasteiger partial charge < -0.3 is 24.4 Å². The van der Waals surface area contributed by atoms with Gasteiger partial charge in [-0.1, -0.05) is 31.2 Å². The van der Waals surface area contributed by atoms with Gasteiger partial charge in [-0.25, -0.2) is 4.99 Å². The van der Waals surface area contributed by atoms with E-state index < -0.39 is 0 Å². The Balaban J connectivity index is 0.00000420. The molecule has 0 aromatic heterocycles. The summed E-state index contributed by atoms with van der Waals surface area (Å²) in [5.41, 5.74) is 2.45. The maximum Gasteiger partial charge on any atom is 0.194 e. The fourth-order valence-electron chi connectivity index (χ4n) is 3.32. The first-order chi connectivity index (χ1) is 13.8. The van der Waals surface area contributed by atoms with Crippen molar-refractivity contribution in [2.75, 3.05) is 53.2 Å². The van der Waals surface area contributed by atoms with Gasteiger partial charge in [0.15, 0.2) is 5.96 Å². The molecule has 0 bridgehead atoms. The summed E-state index contributed by atoms with van der Waals surface area (Å²) in [6.07, 6.45) is 2.18. The Morgan fingerprint density at radius 2 is 1.93 bits per heavy atom. The average molecular weight is 519 g/mol. The predicted molar refractivity (Wildman–Crippen MR) is 129 cm³/mol. The number of nitrogens with zero attached hydrogens (tertiary/aromatic N) is 2. The molecule has 1 aliphatic rings. The summed E-state index contributed by atoms with van der Waals surface area (Å²) in [4.78, 5) is 7.27. The van der Waals surface area contributed by atoms with Gasteiger partial charge in [0, 0.05) is 39.3 Å². The lowest BCUT2D eigenvalue weighted by atomic mass is 10.1.